The molecular formula is C18H24OS. The number of benzene rings is 1. The van der Waals surface area contributed by atoms with Gasteiger partial charge in [-0.25, -0.2) is 0 Å². The van der Waals surface area contributed by atoms with E-state index in [2.05, 4.69) is 47.6 Å². The van der Waals surface area contributed by atoms with E-state index >= 15 is 0 Å². The minimum atomic E-state index is 0.118. The van der Waals surface area contributed by atoms with Crippen LogP contribution in [0, 0.1) is 0 Å². The molecule has 0 aliphatic carbocycles. The van der Waals surface area contributed by atoms with Gasteiger partial charge in [-0.05, 0) is 52.3 Å². The molecule has 0 amide bonds. The molecule has 0 atom stereocenters. The van der Waals surface area contributed by atoms with Crippen LogP contribution >= 0.6 is 11.3 Å². The Hall–Kier alpha value is -1.28. The second kappa shape index (κ2) is 4.92. The number of phenols is 1. The van der Waals surface area contributed by atoms with Crippen LogP contribution in [0.3, 0.4) is 0 Å². The lowest BCUT2D eigenvalue weighted by atomic mass is 9.84. The highest BCUT2D eigenvalue weighted by molar-refractivity contribution is 7.15. The summed E-state index contributed by atoms with van der Waals surface area (Å²) in [7, 11) is 0. The molecule has 2 aromatic rings. The van der Waals surface area contributed by atoms with Crippen LogP contribution in [-0.4, -0.2) is 5.11 Å². The molecular weight excluding hydrogens is 264 g/mol. The van der Waals surface area contributed by atoms with Crippen molar-refractivity contribution in [2.75, 3.05) is 0 Å². The highest BCUT2D eigenvalue weighted by atomic mass is 32.1. The Bertz CT molecular complexity index is 592. The monoisotopic (exact) mass is 288 g/mol. The van der Waals surface area contributed by atoms with Crippen LogP contribution in [0.4, 0.5) is 0 Å². The predicted molar refractivity (Wildman–Crippen MR) is 88.8 cm³/mol. The molecule has 0 unspecified atom stereocenters. The van der Waals surface area contributed by atoms with Gasteiger partial charge in [0.15, 0.2) is 0 Å². The van der Waals surface area contributed by atoms with Crippen molar-refractivity contribution >= 4 is 11.3 Å². The first-order valence-corrected chi connectivity index (χ1v) is 7.85. The van der Waals surface area contributed by atoms with Crippen LogP contribution < -0.4 is 0 Å². The lowest BCUT2D eigenvalue weighted by Gasteiger charge is -2.20. The largest absolute Gasteiger partial charge is 0.508 e. The molecule has 1 heterocycles. The maximum absolute atomic E-state index is 9.47. The van der Waals surface area contributed by atoms with Crippen molar-refractivity contribution in [1.82, 2.24) is 0 Å². The Kier molecular flexibility index (Phi) is 3.72. The molecule has 108 valence electrons. The number of aromatic hydroxyl groups is 1. The van der Waals surface area contributed by atoms with Crippen molar-refractivity contribution in [3.05, 3.63) is 40.8 Å². The molecule has 1 aromatic carbocycles. The van der Waals surface area contributed by atoms with Crippen molar-refractivity contribution in [2.45, 2.75) is 52.4 Å². The number of thiophene rings is 1. The third kappa shape index (κ3) is 3.06. The standard InChI is InChI=1S/C18H24OS/c1-17(2,3)14-11-15(18(4,5)6)20-16(14)12-7-9-13(19)10-8-12/h7-11,19H,1-6H3. The molecule has 0 saturated carbocycles. The average molecular weight is 288 g/mol. The number of hydrogen-bond acceptors (Lipinski definition) is 2. The minimum Gasteiger partial charge on any atom is -0.508 e. The molecule has 0 saturated heterocycles. The van der Waals surface area contributed by atoms with Gasteiger partial charge in [0.05, 0.1) is 0 Å². The molecule has 0 spiro atoms. The van der Waals surface area contributed by atoms with Crippen LogP contribution in [0.5, 0.6) is 5.75 Å². The molecule has 1 aromatic heterocycles. The van der Waals surface area contributed by atoms with Gasteiger partial charge in [-0.1, -0.05) is 41.5 Å². The minimum absolute atomic E-state index is 0.118. The fraction of sp³-hybridized carbons (Fsp3) is 0.444. The second-order valence-electron chi connectivity index (χ2n) is 7.40. The molecule has 1 N–H and O–H groups in total. The molecule has 0 fully saturated rings. The van der Waals surface area contributed by atoms with E-state index in [1.165, 1.54) is 20.9 Å². The second-order valence-corrected chi connectivity index (χ2v) is 8.45. The fourth-order valence-corrected chi connectivity index (χ4v) is 3.58. The summed E-state index contributed by atoms with van der Waals surface area (Å²) in [6, 6.07) is 9.88. The topological polar surface area (TPSA) is 20.2 Å². The van der Waals surface area contributed by atoms with Crippen LogP contribution in [0.1, 0.15) is 52.0 Å². The van der Waals surface area contributed by atoms with Gasteiger partial charge in [0.1, 0.15) is 5.75 Å². The molecule has 0 bridgehead atoms. The summed E-state index contributed by atoms with van der Waals surface area (Å²) in [6.07, 6.45) is 0. The van der Waals surface area contributed by atoms with Crippen LogP contribution in [0.2, 0.25) is 0 Å². The maximum Gasteiger partial charge on any atom is 0.115 e. The first-order valence-electron chi connectivity index (χ1n) is 7.03. The average Bonchev–Trinajstić information content (AvgIpc) is 2.74. The van der Waals surface area contributed by atoms with Crippen molar-refractivity contribution in [3.63, 3.8) is 0 Å². The number of hydrogen-bond donors (Lipinski definition) is 1. The summed E-state index contributed by atoms with van der Waals surface area (Å²) in [6.45, 7) is 13.5. The summed E-state index contributed by atoms with van der Waals surface area (Å²) >= 11 is 1.87. The zero-order chi connectivity index (χ0) is 15.1. The van der Waals surface area contributed by atoms with Gasteiger partial charge in [0, 0.05) is 9.75 Å². The normalized spacial score (nSPS) is 12.7. The molecule has 2 rings (SSSR count). The van der Waals surface area contributed by atoms with E-state index in [0.29, 0.717) is 5.75 Å². The predicted octanol–water partition coefficient (Wildman–Crippen LogP) is 5.72. The van der Waals surface area contributed by atoms with Gasteiger partial charge in [-0.15, -0.1) is 11.3 Å². The zero-order valence-corrected chi connectivity index (χ0v) is 14.1. The molecule has 1 nitrogen and oxygen atoms in total. The van der Waals surface area contributed by atoms with E-state index in [4.69, 9.17) is 0 Å². The lowest BCUT2D eigenvalue weighted by molar-refractivity contribution is 0.475. The lowest BCUT2D eigenvalue weighted by Crippen LogP contribution is -2.12. The fourth-order valence-electron chi connectivity index (χ4n) is 2.14. The van der Waals surface area contributed by atoms with E-state index < -0.39 is 0 Å². The first-order chi connectivity index (χ1) is 9.09. The molecule has 20 heavy (non-hydrogen) atoms. The third-order valence-corrected chi connectivity index (χ3v) is 5.02. The Morgan fingerprint density at radius 1 is 0.850 bits per heavy atom. The van der Waals surface area contributed by atoms with Gasteiger partial charge < -0.3 is 5.11 Å². The quantitative estimate of drug-likeness (QED) is 0.712. The van der Waals surface area contributed by atoms with Crippen LogP contribution in [0.25, 0.3) is 10.4 Å². The van der Waals surface area contributed by atoms with Gasteiger partial charge in [0.2, 0.25) is 0 Å². The summed E-state index contributed by atoms with van der Waals surface area (Å²) in [5.41, 5.74) is 2.86. The van der Waals surface area contributed by atoms with Crippen molar-refractivity contribution < 1.29 is 5.11 Å². The van der Waals surface area contributed by atoms with E-state index in [1.807, 2.05) is 23.5 Å². The Morgan fingerprint density at radius 2 is 1.40 bits per heavy atom. The SMILES string of the molecule is CC(C)(C)c1cc(C(C)(C)C)c(-c2ccc(O)cc2)s1. The number of phenolic OH excluding ortho intramolecular Hbond substituents is 1. The van der Waals surface area contributed by atoms with Crippen LogP contribution in [-0.2, 0) is 10.8 Å². The molecule has 0 aliphatic heterocycles. The maximum atomic E-state index is 9.47. The van der Waals surface area contributed by atoms with Crippen molar-refractivity contribution in [2.24, 2.45) is 0 Å². The number of rotatable bonds is 1. The Morgan fingerprint density at radius 3 is 1.85 bits per heavy atom. The Balaban J connectivity index is 2.62. The zero-order valence-electron chi connectivity index (χ0n) is 13.2. The Labute approximate surface area is 126 Å². The molecule has 0 radical (unpaired) electrons. The van der Waals surface area contributed by atoms with E-state index in [-0.39, 0.29) is 10.8 Å². The van der Waals surface area contributed by atoms with Crippen molar-refractivity contribution in [1.29, 1.82) is 0 Å². The van der Waals surface area contributed by atoms with Gasteiger partial charge >= 0.3 is 0 Å². The third-order valence-electron chi connectivity index (χ3n) is 3.41. The summed E-state index contributed by atoms with van der Waals surface area (Å²) in [5, 5.41) is 9.47. The highest BCUT2D eigenvalue weighted by Gasteiger charge is 2.26. The smallest absolute Gasteiger partial charge is 0.115 e. The first kappa shape index (κ1) is 15.1. The summed E-state index contributed by atoms with van der Waals surface area (Å²) in [5.74, 6) is 0.318. The van der Waals surface area contributed by atoms with Crippen LogP contribution in [0.15, 0.2) is 30.3 Å². The van der Waals surface area contributed by atoms with E-state index in [9.17, 15) is 5.11 Å². The molecule has 0 aliphatic rings. The molecule has 2 heteroatoms. The summed E-state index contributed by atoms with van der Waals surface area (Å²) < 4.78 is 0. The highest BCUT2D eigenvalue weighted by Crippen LogP contribution is 2.43. The van der Waals surface area contributed by atoms with E-state index in [1.54, 1.807) is 12.1 Å². The summed E-state index contributed by atoms with van der Waals surface area (Å²) in [4.78, 5) is 2.73. The van der Waals surface area contributed by atoms with Gasteiger partial charge in [-0.2, -0.15) is 0 Å². The van der Waals surface area contributed by atoms with Crippen molar-refractivity contribution in [3.8, 4) is 16.2 Å². The van der Waals surface area contributed by atoms with Gasteiger partial charge in [0.25, 0.3) is 0 Å². The van der Waals surface area contributed by atoms with Gasteiger partial charge in [-0.3, -0.25) is 0 Å². The van der Waals surface area contributed by atoms with E-state index in [0.717, 1.165) is 0 Å².